The number of nitrogens with one attached hydrogen (secondary N) is 1. The Labute approximate surface area is 192 Å². The SMILES string of the molecule is Cc1ccc(/C=C/C(=O)Nc2scc(-c3ccncc3)c2C(=O)OC2CCCCC2)cc1. The number of hydrogen-bond acceptors (Lipinski definition) is 5. The molecule has 1 aliphatic rings. The summed E-state index contributed by atoms with van der Waals surface area (Å²) in [6, 6.07) is 11.6. The Kier molecular flexibility index (Phi) is 7.12. The lowest BCUT2D eigenvalue weighted by Gasteiger charge is -2.22. The Morgan fingerprint density at radius 3 is 2.50 bits per heavy atom. The minimum atomic E-state index is -0.386. The van der Waals surface area contributed by atoms with E-state index in [0.29, 0.717) is 10.6 Å². The van der Waals surface area contributed by atoms with Crippen molar-refractivity contribution in [2.45, 2.75) is 45.1 Å². The summed E-state index contributed by atoms with van der Waals surface area (Å²) >= 11 is 1.33. The maximum atomic E-state index is 13.2. The highest BCUT2D eigenvalue weighted by Gasteiger charge is 2.26. The van der Waals surface area contributed by atoms with Crippen LogP contribution in [0.1, 0.15) is 53.6 Å². The largest absolute Gasteiger partial charge is 0.459 e. The number of benzene rings is 1. The number of aromatic nitrogens is 1. The number of carbonyl (C=O) groups is 2. The van der Waals surface area contributed by atoms with Gasteiger partial charge in [0.15, 0.2) is 0 Å². The van der Waals surface area contributed by atoms with E-state index in [2.05, 4.69) is 10.3 Å². The highest BCUT2D eigenvalue weighted by molar-refractivity contribution is 7.15. The number of amides is 1. The van der Waals surface area contributed by atoms with Crippen LogP contribution in [0.4, 0.5) is 5.00 Å². The zero-order chi connectivity index (χ0) is 22.3. The summed E-state index contributed by atoms with van der Waals surface area (Å²) < 4.78 is 5.84. The molecule has 0 saturated heterocycles. The quantitative estimate of drug-likeness (QED) is 0.358. The van der Waals surface area contributed by atoms with Gasteiger partial charge in [0.05, 0.1) is 0 Å². The van der Waals surface area contributed by atoms with Crippen LogP contribution >= 0.6 is 11.3 Å². The van der Waals surface area contributed by atoms with Crippen LogP contribution in [0.15, 0.2) is 60.2 Å². The predicted octanol–water partition coefficient (Wildman–Crippen LogP) is 6.26. The first-order chi connectivity index (χ1) is 15.6. The average molecular weight is 447 g/mol. The Bertz CT molecular complexity index is 1100. The van der Waals surface area contributed by atoms with Gasteiger partial charge in [-0.15, -0.1) is 11.3 Å². The Morgan fingerprint density at radius 2 is 1.78 bits per heavy atom. The molecule has 1 aromatic carbocycles. The van der Waals surface area contributed by atoms with E-state index < -0.39 is 0 Å². The molecule has 0 radical (unpaired) electrons. The molecule has 1 saturated carbocycles. The number of nitrogens with zero attached hydrogens (tertiary/aromatic N) is 1. The Balaban J connectivity index is 1.56. The number of ether oxygens (including phenoxy) is 1. The second-order valence-corrected chi connectivity index (χ2v) is 8.87. The van der Waals surface area contributed by atoms with Crippen molar-refractivity contribution < 1.29 is 14.3 Å². The third kappa shape index (κ3) is 5.51. The summed E-state index contributed by atoms with van der Waals surface area (Å²) in [5.41, 5.74) is 4.11. The minimum absolute atomic E-state index is 0.0635. The summed E-state index contributed by atoms with van der Waals surface area (Å²) in [6.45, 7) is 2.02. The first kappa shape index (κ1) is 22.0. The van der Waals surface area contributed by atoms with Crippen LogP contribution in [0.5, 0.6) is 0 Å². The lowest BCUT2D eigenvalue weighted by Crippen LogP contribution is -2.22. The first-order valence-electron chi connectivity index (χ1n) is 10.9. The van der Waals surface area contributed by atoms with Crippen LogP contribution < -0.4 is 5.32 Å². The van der Waals surface area contributed by atoms with Gasteiger partial charge in [0.25, 0.3) is 0 Å². The second kappa shape index (κ2) is 10.4. The van der Waals surface area contributed by atoms with Crippen LogP contribution in [0.3, 0.4) is 0 Å². The fourth-order valence-corrected chi connectivity index (χ4v) is 4.75. The van der Waals surface area contributed by atoms with E-state index in [4.69, 9.17) is 4.74 Å². The number of carbonyl (C=O) groups excluding carboxylic acids is 2. The summed E-state index contributed by atoms with van der Waals surface area (Å²) in [5.74, 6) is -0.678. The molecular weight excluding hydrogens is 420 g/mol. The molecule has 2 heterocycles. The number of esters is 1. The first-order valence-corrected chi connectivity index (χ1v) is 11.8. The molecule has 0 atom stereocenters. The van der Waals surface area contributed by atoms with Crippen LogP contribution in [-0.2, 0) is 9.53 Å². The standard InChI is InChI=1S/C26H26N2O3S/c1-18-7-9-19(10-8-18)11-12-23(29)28-25-24(26(30)31-21-5-3-2-4-6-21)22(17-32-25)20-13-15-27-16-14-20/h7-17,21H,2-6H2,1H3,(H,28,29)/b12-11+. The van der Waals surface area contributed by atoms with Gasteiger partial charge in [-0.1, -0.05) is 36.2 Å². The fourth-order valence-electron chi connectivity index (χ4n) is 3.79. The predicted molar refractivity (Wildman–Crippen MR) is 129 cm³/mol. The number of anilines is 1. The molecule has 164 valence electrons. The number of pyridine rings is 1. The minimum Gasteiger partial charge on any atom is -0.459 e. The van der Waals surface area contributed by atoms with E-state index in [9.17, 15) is 9.59 Å². The molecule has 4 rings (SSSR count). The van der Waals surface area contributed by atoms with E-state index in [1.165, 1.54) is 23.8 Å². The molecule has 0 aliphatic heterocycles. The smallest absolute Gasteiger partial charge is 0.342 e. The van der Waals surface area contributed by atoms with Gasteiger partial charge in [-0.05, 0) is 61.9 Å². The number of thiophene rings is 1. The lowest BCUT2D eigenvalue weighted by molar-refractivity contribution is -0.111. The van der Waals surface area contributed by atoms with Gasteiger partial charge >= 0.3 is 5.97 Å². The van der Waals surface area contributed by atoms with Crippen LogP contribution in [0, 0.1) is 6.92 Å². The van der Waals surface area contributed by atoms with Gasteiger partial charge in [0.1, 0.15) is 16.7 Å². The van der Waals surface area contributed by atoms with E-state index >= 15 is 0 Å². The molecule has 5 nitrogen and oxygen atoms in total. The number of rotatable bonds is 6. The molecule has 0 bridgehead atoms. The molecule has 6 heteroatoms. The molecular formula is C26H26N2O3S. The number of hydrogen-bond donors (Lipinski definition) is 1. The Morgan fingerprint density at radius 1 is 1.06 bits per heavy atom. The molecule has 0 spiro atoms. The maximum Gasteiger partial charge on any atom is 0.342 e. The van der Waals surface area contributed by atoms with Crippen LogP contribution in [-0.4, -0.2) is 23.0 Å². The lowest BCUT2D eigenvalue weighted by atomic mass is 9.97. The topological polar surface area (TPSA) is 68.3 Å². The fraction of sp³-hybridized carbons (Fsp3) is 0.269. The van der Waals surface area contributed by atoms with Crippen molar-refractivity contribution in [2.75, 3.05) is 5.32 Å². The summed E-state index contributed by atoms with van der Waals surface area (Å²) in [7, 11) is 0. The average Bonchev–Trinajstić information content (AvgIpc) is 3.23. The molecule has 3 aromatic rings. The van der Waals surface area contributed by atoms with Gasteiger partial charge in [-0.25, -0.2) is 4.79 Å². The van der Waals surface area contributed by atoms with Crippen LogP contribution in [0.25, 0.3) is 17.2 Å². The van der Waals surface area contributed by atoms with Crippen molar-refractivity contribution in [3.05, 3.63) is 76.9 Å². The molecule has 32 heavy (non-hydrogen) atoms. The third-order valence-electron chi connectivity index (χ3n) is 5.55. The molecule has 0 unspecified atom stereocenters. The van der Waals surface area contributed by atoms with Crippen molar-refractivity contribution in [3.8, 4) is 11.1 Å². The maximum absolute atomic E-state index is 13.2. The van der Waals surface area contributed by atoms with Crippen molar-refractivity contribution >= 4 is 34.3 Å². The highest BCUT2D eigenvalue weighted by Crippen LogP contribution is 2.37. The highest BCUT2D eigenvalue weighted by atomic mass is 32.1. The van der Waals surface area contributed by atoms with Gasteiger partial charge < -0.3 is 10.1 Å². The normalized spacial score (nSPS) is 14.4. The van der Waals surface area contributed by atoms with Crippen molar-refractivity contribution in [1.29, 1.82) is 0 Å². The Hall–Kier alpha value is -3.25. The van der Waals surface area contributed by atoms with E-state index in [0.717, 1.165) is 47.9 Å². The van der Waals surface area contributed by atoms with Gasteiger partial charge in [-0.2, -0.15) is 0 Å². The van der Waals surface area contributed by atoms with E-state index in [1.807, 2.05) is 48.7 Å². The summed E-state index contributed by atoms with van der Waals surface area (Å²) in [4.78, 5) is 29.9. The zero-order valence-corrected chi connectivity index (χ0v) is 18.9. The molecule has 1 N–H and O–H groups in total. The summed E-state index contributed by atoms with van der Waals surface area (Å²) in [5, 5.41) is 5.25. The zero-order valence-electron chi connectivity index (χ0n) is 18.0. The second-order valence-electron chi connectivity index (χ2n) is 7.99. The number of aryl methyl sites for hydroxylation is 1. The van der Waals surface area contributed by atoms with Gasteiger partial charge in [0, 0.05) is 29.4 Å². The van der Waals surface area contributed by atoms with Crippen molar-refractivity contribution in [3.63, 3.8) is 0 Å². The van der Waals surface area contributed by atoms with Crippen molar-refractivity contribution in [2.24, 2.45) is 0 Å². The van der Waals surface area contributed by atoms with E-state index in [1.54, 1.807) is 18.5 Å². The monoisotopic (exact) mass is 446 g/mol. The molecule has 1 aliphatic carbocycles. The molecule has 2 aromatic heterocycles. The molecule has 1 amide bonds. The van der Waals surface area contributed by atoms with Gasteiger partial charge in [0.2, 0.25) is 5.91 Å². The van der Waals surface area contributed by atoms with Crippen molar-refractivity contribution in [1.82, 2.24) is 4.98 Å². The van der Waals surface area contributed by atoms with Gasteiger partial charge in [-0.3, -0.25) is 9.78 Å². The third-order valence-corrected chi connectivity index (χ3v) is 6.45. The van der Waals surface area contributed by atoms with E-state index in [-0.39, 0.29) is 18.0 Å². The summed E-state index contributed by atoms with van der Waals surface area (Å²) in [6.07, 6.45) is 11.7. The molecule has 1 fully saturated rings. The van der Waals surface area contributed by atoms with Crippen LogP contribution in [0.2, 0.25) is 0 Å².